The predicted octanol–water partition coefficient (Wildman–Crippen LogP) is 6.75. The highest BCUT2D eigenvalue weighted by molar-refractivity contribution is 7.17. The normalized spacial score (nSPS) is 20.6. The Balaban J connectivity index is 1.51. The van der Waals surface area contributed by atoms with Crippen LogP contribution in [0.4, 0.5) is 0 Å². The van der Waals surface area contributed by atoms with Gasteiger partial charge in [0.25, 0.3) is 11.8 Å². The van der Waals surface area contributed by atoms with Crippen molar-refractivity contribution in [2.45, 2.75) is 63.2 Å². The fourth-order valence-electron chi connectivity index (χ4n) is 5.94. The molecule has 1 atom stereocenters. The molecule has 0 radical (unpaired) electrons. The lowest BCUT2D eigenvalue weighted by molar-refractivity contribution is -0.136. The van der Waals surface area contributed by atoms with Crippen LogP contribution in [0.25, 0.3) is 10.2 Å². The van der Waals surface area contributed by atoms with Crippen LogP contribution < -0.4 is 5.32 Å². The van der Waals surface area contributed by atoms with Crippen molar-refractivity contribution in [2.75, 3.05) is 0 Å². The van der Waals surface area contributed by atoms with Crippen LogP contribution in [0.15, 0.2) is 72.1 Å². The molecule has 2 amide bonds. The van der Waals surface area contributed by atoms with Gasteiger partial charge < -0.3 is 14.8 Å². The number of hydrogen-bond acceptors (Lipinski definition) is 3. The maximum atomic E-state index is 14.6. The first-order valence-corrected chi connectivity index (χ1v) is 14.3. The van der Waals surface area contributed by atoms with Gasteiger partial charge in [0, 0.05) is 17.6 Å². The second-order valence-corrected chi connectivity index (χ2v) is 11.6. The van der Waals surface area contributed by atoms with E-state index in [1.54, 1.807) is 16.2 Å². The number of nitrogens with zero attached hydrogens (tertiary/aromatic N) is 2. The first kappa shape index (κ1) is 24.3. The quantitative estimate of drug-likeness (QED) is 0.290. The summed E-state index contributed by atoms with van der Waals surface area (Å²) in [5.74, 6) is -0.236. The van der Waals surface area contributed by atoms with E-state index in [1.165, 1.54) is 12.8 Å². The molecule has 7 heteroatoms. The second kappa shape index (κ2) is 9.99. The summed E-state index contributed by atoms with van der Waals surface area (Å²) in [4.78, 5) is 30.7. The molecule has 1 aliphatic carbocycles. The Morgan fingerprint density at radius 2 is 1.73 bits per heavy atom. The van der Waals surface area contributed by atoms with Crippen LogP contribution in [-0.4, -0.2) is 27.3 Å². The minimum absolute atomic E-state index is 0.101. The van der Waals surface area contributed by atoms with Crippen LogP contribution in [0.2, 0.25) is 5.02 Å². The Hall–Kier alpha value is -3.09. The summed E-state index contributed by atoms with van der Waals surface area (Å²) in [6, 6.07) is 21.5. The van der Waals surface area contributed by atoms with Crippen LogP contribution in [0.5, 0.6) is 0 Å². The van der Waals surface area contributed by atoms with Gasteiger partial charge in [-0.15, -0.1) is 11.3 Å². The monoisotopic (exact) mass is 531 g/mol. The van der Waals surface area contributed by atoms with Crippen LogP contribution in [-0.2, 0) is 23.4 Å². The van der Waals surface area contributed by atoms with Crippen molar-refractivity contribution in [1.82, 2.24) is 14.8 Å². The van der Waals surface area contributed by atoms with E-state index in [-0.39, 0.29) is 17.9 Å². The first-order chi connectivity index (χ1) is 18.1. The molecular weight excluding hydrogens is 502 g/mol. The molecule has 190 valence electrons. The third-order valence-electron chi connectivity index (χ3n) is 7.91. The van der Waals surface area contributed by atoms with Crippen molar-refractivity contribution in [1.29, 1.82) is 0 Å². The predicted molar refractivity (Wildman–Crippen MR) is 149 cm³/mol. The average Bonchev–Trinajstić information content (AvgIpc) is 3.41. The molecule has 1 N–H and O–H groups in total. The number of hydrogen-bond donors (Lipinski definition) is 1. The van der Waals surface area contributed by atoms with E-state index in [4.69, 9.17) is 11.6 Å². The summed E-state index contributed by atoms with van der Waals surface area (Å²) < 4.78 is 3.11. The fraction of sp³-hybridized carbons (Fsp3) is 0.333. The summed E-state index contributed by atoms with van der Waals surface area (Å²) in [5, 5.41) is 6.10. The van der Waals surface area contributed by atoms with Crippen molar-refractivity contribution in [2.24, 2.45) is 0 Å². The van der Waals surface area contributed by atoms with Crippen molar-refractivity contribution in [3.63, 3.8) is 0 Å². The number of halogens is 1. The van der Waals surface area contributed by atoms with Crippen LogP contribution in [0.3, 0.4) is 0 Å². The van der Waals surface area contributed by atoms with E-state index in [9.17, 15) is 9.59 Å². The molecule has 1 aliphatic heterocycles. The highest BCUT2D eigenvalue weighted by Crippen LogP contribution is 2.41. The van der Waals surface area contributed by atoms with E-state index in [2.05, 4.69) is 5.32 Å². The Morgan fingerprint density at radius 3 is 2.46 bits per heavy atom. The summed E-state index contributed by atoms with van der Waals surface area (Å²) in [5.41, 5.74) is 2.20. The number of benzene rings is 2. The lowest BCUT2D eigenvalue weighted by atomic mass is 9.83. The van der Waals surface area contributed by atoms with Gasteiger partial charge >= 0.3 is 0 Å². The third kappa shape index (κ3) is 4.36. The summed E-state index contributed by atoms with van der Waals surface area (Å²) in [7, 11) is 0. The lowest BCUT2D eigenvalue weighted by Gasteiger charge is -2.47. The smallest absolute Gasteiger partial charge is 0.272 e. The van der Waals surface area contributed by atoms with Gasteiger partial charge in [-0.2, -0.15) is 0 Å². The van der Waals surface area contributed by atoms with Gasteiger partial charge in [0.2, 0.25) is 0 Å². The zero-order chi connectivity index (χ0) is 25.4. The molecule has 0 spiro atoms. The largest absolute Gasteiger partial charge is 0.351 e. The number of thiophene rings is 1. The minimum atomic E-state index is -1.19. The fourth-order valence-corrected chi connectivity index (χ4v) is 6.89. The molecule has 0 saturated heterocycles. The maximum absolute atomic E-state index is 14.6. The van der Waals surface area contributed by atoms with Gasteiger partial charge in [-0.1, -0.05) is 79.7 Å². The van der Waals surface area contributed by atoms with Crippen LogP contribution in [0, 0.1) is 0 Å². The van der Waals surface area contributed by atoms with Gasteiger partial charge in [0.1, 0.15) is 5.69 Å². The number of aromatic nitrogens is 1. The Labute approximate surface area is 226 Å². The van der Waals surface area contributed by atoms with E-state index >= 15 is 0 Å². The van der Waals surface area contributed by atoms with Gasteiger partial charge in [-0.25, -0.2) is 0 Å². The highest BCUT2D eigenvalue weighted by Gasteiger charge is 2.52. The molecule has 0 bridgehead atoms. The number of fused-ring (bicyclic) bond motifs is 3. The van der Waals surface area contributed by atoms with Gasteiger partial charge in [-0.3, -0.25) is 9.59 Å². The SMILES string of the molecule is O=C1c2cc3sccc3n2CC(C(=O)NC2CCCCCC2)(c2ccccc2)N1Cc1ccc(Cl)cc1. The number of nitrogens with one attached hydrogen (secondary N) is 1. The van der Waals surface area contributed by atoms with Gasteiger partial charge in [0.15, 0.2) is 5.54 Å². The molecular formula is C30H30ClN3O2S. The van der Waals surface area contributed by atoms with Crippen molar-refractivity contribution in [3.05, 3.63) is 94.0 Å². The Bertz CT molecular complexity index is 1420. The molecule has 6 rings (SSSR count). The number of rotatable bonds is 5. The summed E-state index contributed by atoms with van der Waals surface area (Å²) in [6.07, 6.45) is 6.61. The van der Waals surface area contributed by atoms with Crippen molar-refractivity contribution < 1.29 is 9.59 Å². The lowest BCUT2D eigenvalue weighted by Crippen LogP contribution is -2.63. The zero-order valence-electron chi connectivity index (χ0n) is 20.7. The van der Waals surface area contributed by atoms with E-state index in [0.29, 0.717) is 23.8 Å². The number of amides is 2. The molecule has 1 saturated carbocycles. The van der Waals surface area contributed by atoms with Crippen molar-refractivity contribution >= 4 is 45.0 Å². The molecule has 1 unspecified atom stereocenters. The molecule has 2 aromatic heterocycles. The third-order valence-corrected chi connectivity index (χ3v) is 9.01. The standard InChI is InChI=1S/C30H30ClN3O2S/c31-23-14-12-21(13-15-23)19-34-28(35)26-18-27-25(16-17-37-27)33(26)20-30(34,22-8-4-3-5-9-22)29(36)32-24-10-6-1-2-7-11-24/h3-5,8-9,12-18,24H,1-2,6-7,10-11,19-20H2,(H,32,36). The second-order valence-electron chi connectivity index (χ2n) is 10.2. The van der Waals surface area contributed by atoms with Crippen molar-refractivity contribution in [3.8, 4) is 0 Å². The number of carbonyl (C=O) groups is 2. The molecule has 4 aromatic rings. The molecule has 1 fully saturated rings. The highest BCUT2D eigenvalue weighted by atomic mass is 35.5. The zero-order valence-corrected chi connectivity index (χ0v) is 22.2. The topological polar surface area (TPSA) is 54.3 Å². The summed E-state index contributed by atoms with van der Waals surface area (Å²) >= 11 is 7.78. The first-order valence-electron chi connectivity index (χ1n) is 13.1. The van der Waals surface area contributed by atoms with E-state index in [0.717, 1.165) is 47.0 Å². The molecule has 37 heavy (non-hydrogen) atoms. The maximum Gasteiger partial charge on any atom is 0.272 e. The Morgan fingerprint density at radius 1 is 1.00 bits per heavy atom. The molecule has 3 heterocycles. The Kier molecular flexibility index (Phi) is 6.55. The van der Waals surface area contributed by atoms with E-state index < -0.39 is 5.54 Å². The molecule has 2 aromatic carbocycles. The average molecular weight is 532 g/mol. The number of carbonyl (C=O) groups excluding carboxylic acids is 2. The molecule has 2 aliphatic rings. The summed E-state index contributed by atoms with van der Waals surface area (Å²) in [6.45, 7) is 0.673. The van der Waals surface area contributed by atoms with E-state index in [1.807, 2.05) is 76.7 Å². The van der Waals surface area contributed by atoms with Gasteiger partial charge in [-0.05, 0) is 53.6 Å². The molecule has 5 nitrogen and oxygen atoms in total. The van der Waals surface area contributed by atoms with Crippen LogP contribution >= 0.6 is 22.9 Å². The van der Waals surface area contributed by atoms with Crippen LogP contribution in [0.1, 0.15) is 60.1 Å². The van der Waals surface area contributed by atoms with Gasteiger partial charge in [0.05, 0.1) is 16.8 Å². The minimum Gasteiger partial charge on any atom is -0.351 e.